The van der Waals surface area contributed by atoms with Crippen molar-refractivity contribution in [2.75, 3.05) is 25.1 Å². The van der Waals surface area contributed by atoms with Gasteiger partial charge in [-0.2, -0.15) is 5.26 Å². The van der Waals surface area contributed by atoms with Gasteiger partial charge in [-0.15, -0.1) is 11.3 Å². The van der Waals surface area contributed by atoms with Gasteiger partial charge in [0.2, 0.25) is 0 Å². The molecule has 25 heavy (non-hydrogen) atoms. The lowest BCUT2D eigenvalue weighted by Crippen LogP contribution is -2.34. The van der Waals surface area contributed by atoms with Crippen LogP contribution in [0, 0.1) is 11.3 Å². The fourth-order valence-electron chi connectivity index (χ4n) is 2.70. The second kappa shape index (κ2) is 6.89. The molecular formula is C18H15N3O3S. The van der Waals surface area contributed by atoms with E-state index in [1.807, 2.05) is 17.5 Å². The van der Waals surface area contributed by atoms with Gasteiger partial charge >= 0.3 is 0 Å². The number of hydrogen-bond acceptors (Lipinski definition) is 6. The molecule has 0 saturated carbocycles. The summed E-state index contributed by atoms with van der Waals surface area (Å²) in [4.78, 5) is 29.4. The number of benzene rings is 1. The molecule has 2 amide bonds. The van der Waals surface area contributed by atoms with Gasteiger partial charge in [0.25, 0.3) is 11.8 Å². The Morgan fingerprint density at radius 3 is 2.48 bits per heavy atom. The molecule has 6 nitrogen and oxygen atoms in total. The first-order chi connectivity index (χ1) is 12.1. The number of thiophene rings is 1. The summed E-state index contributed by atoms with van der Waals surface area (Å²) in [5.74, 6) is -0.842. The van der Waals surface area contributed by atoms with E-state index < -0.39 is 11.8 Å². The molecule has 0 fully saturated rings. The third-order valence-electron chi connectivity index (χ3n) is 3.90. The standard InChI is InChI=1S/C18H15N3O3S/c1-20(8-9-22)16-15(14-3-2-10-25-14)17(23)21(18(16)24)13-6-4-12(11-19)5-7-13/h2-7,10,22H,8-9H2,1H3. The largest absolute Gasteiger partial charge is 0.395 e. The van der Waals surface area contributed by atoms with Gasteiger partial charge in [0.1, 0.15) is 5.70 Å². The van der Waals surface area contributed by atoms with Gasteiger partial charge in [0.05, 0.1) is 29.5 Å². The molecule has 3 rings (SSSR count). The Balaban J connectivity index is 2.07. The lowest BCUT2D eigenvalue weighted by Gasteiger charge is -2.20. The van der Waals surface area contributed by atoms with E-state index in [1.54, 1.807) is 42.3 Å². The molecule has 0 unspecified atom stereocenters. The normalized spacial score (nSPS) is 14.2. The molecule has 0 bridgehead atoms. The molecule has 1 aliphatic rings. The highest BCUT2D eigenvalue weighted by Gasteiger charge is 2.41. The average Bonchev–Trinajstić information content (AvgIpc) is 3.21. The van der Waals surface area contributed by atoms with Gasteiger partial charge < -0.3 is 10.0 Å². The SMILES string of the molecule is CN(CCO)C1=C(c2cccs2)C(=O)N(c2ccc(C#N)cc2)C1=O. The van der Waals surface area contributed by atoms with Crippen molar-refractivity contribution in [2.24, 2.45) is 0 Å². The number of amides is 2. The highest BCUT2D eigenvalue weighted by Crippen LogP contribution is 2.35. The number of rotatable bonds is 5. The van der Waals surface area contributed by atoms with Crippen LogP contribution in [-0.2, 0) is 9.59 Å². The Morgan fingerprint density at radius 1 is 1.20 bits per heavy atom. The lowest BCUT2D eigenvalue weighted by molar-refractivity contribution is -0.120. The second-order valence-corrected chi connectivity index (χ2v) is 6.40. The predicted molar refractivity (Wildman–Crippen MR) is 94.6 cm³/mol. The molecule has 2 heterocycles. The zero-order chi connectivity index (χ0) is 18.0. The Bertz CT molecular complexity index is 879. The summed E-state index contributed by atoms with van der Waals surface area (Å²) in [5.41, 5.74) is 1.47. The highest BCUT2D eigenvalue weighted by molar-refractivity contribution is 7.11. The van der Waals surface area contributed by atoms with E-state index >= 15 is 0 Å². The Morgan fingerprint density at radius 2 is 1.92 bits per heavy atom. The minimum atomic E-state index is -0.436. The number of nitrogens with zero attached hydrogens (tertiary/aromatic N) is 3. The van der Waals surface area contributed by atoms with Gasteiger partial charge in [-0.1, -0.05) is 6.07 Å². The summed E-state index contributed by atoms with van der Waals surface area (Å²) < 4.78 is 0. The summed E-state index contributed by atoms with van der Waals surface area (Å²) in [5, 5.41) is 19.9. The third-order valence-corrected chi connectivity index (χ3v) is 4.79. The van der Waals surface area contributed by atoms with Crippen LogP contribution in [-0.4, -0.2) is 42.0 Å². The first-order valence-electron chi connectivity index (χ1n) is 7.57. The summed E-state index contributed by atoms with van der Waals surface area (Å²) in [6.07, 6.45) is 0. The first-order valence-corrected chi connectivity index (χ1v) is 8.45. The van der Waals surface area contributed by atoms with E-state index in [-0.39, 0.29) is 18.8 Å². The maximum atomic E-state index is 13.0. The maximum Gasteiger partial charge on any atom is 0.282 e. The van der Waals surface area contributed by atoms with Gasteiger partial charge in [0, 0.05) is 18.5 Å². The predicted octanol–water partition coefficient (Wildman–Crippen LogP) is 1.83. The number of aliphatic hydroxyl groups is 1. The van der Waals surface area contributed by atoms with Crippen molar-refractivity contribution in [3.63, 3.8) is 0 Å². The number of nitriles is 1. The Kier molecular flexibility index (Phi) is 4.65. The van der Waals surface area contributed by atoms with E-state index in [2.05, 4.69) is 0 Å². The summed E-state index contributed by atoms with van der Waals surface area (Å²) in [7, 11) is 1.67. The van der Waals surface area contributed by atoms with Crippen molar-refractivity contribution < 1.29 is 14.7 Å². The molecule has 0 saturated heterocycles. The van der Waals surface area contributed by atoms with Crippen molar-refractivity contribution in [2.45, 2.75) is 0 Å². The van der Waals surface area contributed by atoms with E-state index in [1.165, 1.54) is 11.3 Å². The van der Waals surface area contributed by atoms with Crippen LogP contribution < -0.4 is 4.90 Å². The number of carbonyl (C=O) groups is 2. The highest BCUT2D eigenvalue weighted by atomic mass is 32.1. The fourth-order valence-corrected chi connectivity index (χ4v) is 3.46. The molecule has 1 aromatic heterocycles. The monoisotopic (exact) mass is 353 g/mol. The van der Waals surface area contributed by atoms with Crippen LogP contribution in [0.25, 0.3) is 5.57 Å². The van der Waals surface area contributed by atoms with Gasteiger partial charge in [-0.3, -0.25) is 9.59 Å². The van der Waals surface area contributed by atoms with Crippen LogP contribution in [0.3, 0.4) is 0 Å². The summed E-state index contributed by atoms with van der Waals surface area (Å²) in [6.45, 7) is 0.112. The summed E-state index contributed by atoms with van der Waals surface area (Å²) in [6, 6.07) is 11.9. The molecule has 1 aliphatic heterocycles. The van der Waals surface area contributed by atoms with Gasteiger partial charge in [-0.25, -0.2) is 4.90 Å². The number of hydrogen-bond donors (Lipinski definition) is 1. The quantitative estimate of drug-likeness (QED) is 0.829. The second-order valence-electron chi connectivity index (χ2n) is 5.45. The Hall–Kier alpha value is -2.95. The number of anilines is 1. The number of carbonyl (C=O) groups excluding carboxylic acids is 2. The first kappa shape index (κ1) is 16.9. The Labute approximate surface area is 148 Å². The van der Waals surface area contributed by atoms with Crippen molar-refractivity contribution in [3.05, 3.63) is 57.9 Å². The zero-order valence-electron chi connectivity index (χ0n) is 13.5. The van der Waals surface area contributed by atoms with Crippen LogP contribution in [0.4, 0.5) is 5.69 Å². The smallest absolute Gasteiger partial charge is 0.282 e. The third kappa shape index (κ3) is 2.93. The average molecular weight is 353 g/mol. The molecule has 0 spiro atoms. The molecular weight excluding hydrogens is 338 g/mol. The van der Waals surface area contributed by atoms with Crippen LogP contribution in [0.5, 0.6) is 0 Å². The molecule has 1 N–H and O–H groups in total. The molecule has 0 radical (unpaired) electrons. The van der Waals surface area contributed by atoms with Crippen molar-refractivity contribution in [1.29, 1.82) is 5.26 Å². The number of aliphatic hydroxyl groups excluding tert-OH is 1. The van der Waals surface area contributed by atoms with Crippen LogP contribution in [0.1, 0.15) is 10.4 Å². The van der Waals surface area contributed by atoms with E-state index in [4.69, 9.17) is 5.26 Å². The molecule has 7 heteroatoms. The maximum absolute atomic E-state index is 13.0. The zero-order valence-corrected chi connectivity index (χ0v) is 14.3. The number of likely N-dealkylation sites (N-methyl/N-ethyl adjacent to an activating group) is 1. The van der Waals surface area contributed by atoms with Crippen molar-refractivity contribution >= 4 is 34.4 Å². The number of imide groups is 1. The topological polar surface area (TPSA) is 84.6 Å². The van der Waals surface area contributed by atoms with E-state index in [0.717, 1.165) is 4.90 Å². The van der Waals surface area contributed by atoms with Gasteiger partial charge in [0.15, 0.2) is 0 Å². The molecule has 0 aliphatic carbocycles. The molecule has 1 aromatic carbocycles. The molecule has 2 aromatic rings. The van der Waals surface area contributed by atoms with Crippen molar-refractivity contribution in [3.8, 4) is 6.07 Å². The minimum absolute atomic E-state index is 0.129. The fraction of sp³-hybridized carbons (Fsp3) is 0.167. The summed E-state index contributed by atoms with van der Waals surface area (Å²) >= 11 is 1.38. The lowest BCUT2D eigenvalue weighted by atomic mass is 10.1. The van der Waals surface area contributed by atoms with Crippen molar-refractivity contribution in [1.82, 2.24) is 4.90 Å². The minimum Gasteiger partial charge on any atom is -0.395 e. The van der Waals surface area contributed by atoms with E-state index in [9.17, 15) is 14.7 Å². The molecule has 0 atom stereocenters. The van der Waals surface area contributed by atoms with E-state index in [0.29, 0.717) is 21.7 Å². The van der Waals surface area contributed by atoms with Gasteiger partial charge in [-0.05, 0) is 35.7 Å². The molecule has 126 valence electrons. The van der Waals surface area contributed by atoms with Crippen LogP contribution >= 0.6 is 11.3 Å². The van der Waals surface area contributed by atoms with Crippen LogP contribution in [0.15, 0.2) is 47.5 Å². The van der Waals surface area contributed by atoms with Crippen LogP contribution in [0.2, 0.25) is 0 Å².